The molecule has 18 heavy (non-hydrogen) atoms. The average molecular weight is 266 g/mol. The first-order valence-electron chi connectivity index (χ1n) is 6.45. The van der Waals surface area contributed by atoms with E-state index >= 15 is 0 Å². The van der Waals surface area contributed by atoms with Gasteiger partial charge in [0.2, 0.25) is 0 Å². The van der Waals surface area contributed by atoms with Gasteiger partial charge in [-0.25, -0.2) is 0 Å². The lowest BCUT2D eigenvalue weighted by Gasteiger charge is -2.32. The molecule has 0 aromatic carbocycles. The van der Waals surface area contributed by atoms with E-state index < -0.39 is 0 Å². The molecule has 0 N–H and O–H groups in total. The molecule has 1 amide bonds. The van der Waals surface area contributed by atoms with Crippen LogP contribution in [0.5, 0.6) is 0 Å². The van der Waals surface area contributed by atoms with Gasteiger partial charge in [-0.15, -0.1) is 11.3 Å². The molecule has 0 spiro atoms. The highest BCUT2D eigenvalue weighted by atomic mass is 32.1. The number of piperazine rings is 1. The van der Waals surface area contributed by atoms with Crippen molar-refractivity contribution in [1.29, 1.82) is 0 Å². The lowest BCUT2D eigenvalue weighted by atomic mass is 9.94. The Morgan fingerprint density at radius 1 is 1.22 bits per heavy atom. The van der Waals surface area contributed by atoms with Gasteiger partial charge < -0.3 is 9.80 Å². The zero-order valence-corrected chi connectivity index (χ0v) is 12.5. The summed E-state index contributed by atoms with van der Waals surface area (Å²) in [7, 11) is 2.10. The Kier molecular flexibility index (Phi) is 3.78. The van der Waals surface area contributed by atoms with Crippen molar-refractivity contribution in [2.75, 3.05) is 33.2 Å². The number of nitrogens with zero attached hydrogens (tertiary/aromatic N) is 2. The number of hydrogen-bond acceptors (Lipinski definition) is 3. The number of thiophene rings is 1. The van der Waals surface area contributed by atoms with Crippen molar-refractivity contribution in [3.8, 4) is 0 Å². The first kappa shape index (κ1) is 13.6. The molecule has 0 unspecified atom stereocenters. The summed E-state index contributed by atoms with van der Waals surface area (Å²) >= 11 is 1.69. The fourth-order valence-electron chi connectivity index (χ4n) is 2.03. The summed E-state index contributed by atoms with van der Waals surface area (Å²) in [6.07, 6.45) is 0. The Morgan fingerprint density at radius 2 is 1.83 bits per heavy atom. The highest BCUT2D eigenvalue weighted by molar-refractivity contribution is 7.10. The predicted octanol–water partition coefficient (Wildman–Crippen LogP) is 2.43. The molecule has 1 aliphatic heterocycles. The molecule has 0 radical (unpaired) electrons. The Morgan fingerprint density at radius 3 is 2.33 bits per heavy atom. The molecular formula is C14H22N2OS. The minimum atomic E-state index is 0.130. The third kappa shape index (κ3) is 2.93. The smallest absolute Gasteiger partial charge is 0.254 e. The maximum atomic E-state index is 12.4. The van der Waals surface area contributed by atoms with E-state index in [1.54, 1.807) is 11.3 Å². The van der Waals surface area contributed by atoms with Gasteiger partial charge in [-0.3, -0.25) is 4.79 Å². The van der Waals surface area contributed by atoms with Crippen LogP contribution < -0.4 is 0 Å². The maximum Gasteiger partial charge on any atom is 0.254 e. The van der Waals surface area contributed by atoms with Gasteiger partial charge in [-0.05, 0) is 18.5 Å². The van der Waals surface area contributed by atoms with Crippen molar-refractivity contribution in [3.63, 3.8) is 0 Å². The summed E-state index contributed by atoms with van der Waals surface area (Å²) in [5.74, 6) is 0.190. The topological polar surface area (TPSA) is 23.6 Å². The van der Waals surface area contributed by atoms with E-state index in [1.165, 1.54) is 4.88 Å². The zero-order chi connectivity index (χ0) is 13.3. The van der Waals surface area contributed by atoms with E-state index in [9.17, 15) is 4.79 Å². The number of carbonyl (C=O) groups excluding carboxylic acids is 1. The highest BCUT2D eigenvalue weighted by Crippen LogP contribution is 2.29. The second-order valence-corrected chi connectivity index (χ2v) is 6.96. The Bertz CT molecular complexity index is 425. The van der Waals surface area contributed by atoms with Crippen molar-refractivity contribution >= 4 is 17.2 Å². The van der Waals surface area contributed by atoms with Crippen LogP contribution in [-0.4, -0.2) is 48.9 Å². The van der Waals surface area contributed by atoms with Gasteiger partial charge in [-0.2, -0.15) is 0 Å². The number of carbonyl (C=O) groups is 1. The summed E-state index contributed by atoms with van der Waals surface area (Å²) in [6, 6.07) is 2.06. The minimum Gasteiger partial charge on any atom is -0.336 e. The molecule has 0 bridgehead atoms. The van der Waals surface area contributed by atoms with Gasteiger partial charge in [0.25, 0.3) is 5.91 Å². The number of amides is 1. The van der Waals surface area contributed by atoms with Gasteiger partial charge in [0.15, 0.2) is 0 Å². The van der Waals surface area contributed by atoms with Crippen molar-refractivity contribution in [2.24, 2.45) is 0 Å². The zero-order valence-electron chi connectivity index (χ0n) is 11.7. The van der Waals surface area contributed by atoms with Crippen molar-refractivity contribution in [2.45, 2.75) is 26.2 Å². The van der Waals surface area contributed by atoms with Crippen LogP contribution in [0.15, 0.2) is 11.4 Å². The van der Waals surface area contributed by atoms with Crippen molar-refractivity contribution in [1.82, 2.24) is 9.80 Å². The second-order valence-electron chi connectivity index (χ2n) is 6.05. The molecule has 1 aromatic rings. The molecule has 0 atom stereocenters. The molecule has 0 aliphatic carbocycles. The van der Waals surface area contributed by atoms with Crippen LogP contribution in [0.4, 0.5) is 0 Å². The lowest BCUT2D eigenvalue weighted by Crippen LogP contribution is -2.47. The molecule has 1 aromatic heterocycles. The Balaban J connectivity index is 2.07. The molecule has 100 valence electrons. The summed E-state index contributed by atoms with van der Waals surface area (Å²) in [5, 5.41) is 2.00. The molecule has 1 saturated heterocycles. The molecule has 2 rings (SSSR count). The molecule has 4 heteroatoms. The van der Waals surface area contributed by atoms with E-state index in [0.717, 1.165) is 31.7 Å². The third-order valence-corrected chi connectivity index (χ3v) is 4.73. The summed E-state index contributed by atoms with van der Waals surface area (Å²) in [6.45, 7) is 10.2. The summed E-state index contributed by atoms with van der Waals surface area (Å²) in [5.41, 5.74) is 0.986. The predicted molar refractivity (Wildman–Crippen MR) is 76.4 cm³/mol. The van der Waals surface area contributed by atoms with Crippen LogP contribution in [0.2, 0.25) is 0 Å². The number of likely N-dealkylation sites (N-methyl/N-ethyl adjacent to an activating group) is 1. The lowest BCUT2D eigenvalue weighted by molar-refractivity contribution is 0.0664. The van der Waals surface area contributed by atoms with Gasteiger partial charge in [-0.1, -0.05) is 20.8 Å². The van der Waals surface area contributed by atoms with Crippen LogP contribution in [-0.2, 0) is 5.41 Å². The van der Waals surface area contributed by atoms with Crippen molar-refractivity contribution in [3.05, 3.63) is 21.9 Å². The Hall–Kier alpha value is -0.870. The fourth-order valence-corrected chi connectivity index (χ4v) is 3.01. The summed E-state index contributed by atoms with van der Waals surface area (Å²) < 4.78 is 0. The largest absolute Gasteiger partial charge is 0.336 e. The van der Waals surface area contributed by atoms with Gasteiger partial charge in [0.05, 0.1) is 5.56 Å². The molecule has 3 nitrogen and oxygen atoms in total. The van der Waals surface area contributed by atoms with E-state index in [2.05, 4.69) is 38.8 Å². The molecular weight excluding hydrogens is 244 g/mol. The SMILES string of the molecule is CN1CCN(C(=O)c2csc(C(C)(C)C)c2)CC1. The Labute approximate surface area is 113 Å². The van der Waals surface area contributed by atoms with Gasteiger partial charge >= 0.3 is 0 Å². The molecule has 0 saturated carbocycles. The van der Waals surface area contributed by atoms with Crippen LogP contribution in [0.1, 0.15) is 36.0 Å². The van der Waals surface area contributed by atoms with E-state index in [4.69, 9.17) is 0 Å². The van der Waals surface area contributed by atoms with Crippen LogP contribution >= 0.6 is 11.3 Å². The molecule has 2 heterocycles. The minimum absolute atomic E-state index is 0.130. The van der Waals surface area contributed by atoms with E-state index in [1.807, 2.05) is 10.3 Å². The van der Waals surface area contributed by atoms with E-state index in [0.29, 0.717) is 0 Å². The van der Waals surface area contributed by atoms with Gasteiger partial charge in [0, 0.05) is 36.4 Å². The van der Waals surface area contributed by atoms with Crippen LogP contribution in [0.25, 0.3) is 0 Å². The van der Waals surface area contributed by atoms with Crippen LogP contribution in [0.3, 0.4) is 0 Å². The summed E-state index contributed by atoms with van der Waals surface area (Å²) in [4.78, 5) is 17.9. The standard InChI is InChI=1S/C14H22N2OS/c1-14(2,3)12-9-11(10-18-12)13(17)16-7-5-15(4)6-8-16/h9-10H,5-8H2,1-4H3. The molecule has 1 aliphatic rings. The third-order valence-electron chi connectivity index (χ3n) is 3.38. The monoisotopic (exact) mass is 266 g/mol. The van der Waals surface area contributed by atoms with Gasteiger partial charge in [0.1, 0.15) is 0 Å². The normalized spacial score (nSPS) is 18.1. The second kappa shape index (κ2) is 5.02. The quantitative estimate of drug-likeness (QED) is 0.779. The number of rotatable bonds is 1. The average Bonchev–Trinajstić information content (AvgIpc) is 2.78. The first-order chi connectivity index (χ1) is 8.38. The van der Waals surface area contributed by atoms with Crippen molar-refractivity contribution < 1.29 is 4.79 Å². The fraction of sp³-hybridized carbons (Fsp3) is 0.643. The molecule has 1 fully saturated rings. The highest BCUT2D eigenvalue weighted by Gasteiger charge is 2.23. The number of hydrogen-bond donors (Lipinski definition) is 0. The van der Waals surface area contributed by atoms with E-state index in [-0.39, 0.29) is 11.3 Å². The van der Waals surface area contributed by atoms with Crippen LogP contribution in [0, 0.1) is 0 Å². The maximum absolute atomic E-state index is 12.4. The first-order valence-corrected chi connectivity index (χ1v) is 7.33.